The van der Waals surface area contributed by atoms with Crippen molar-refractivity contribution in [3.8, 4) is 0 Å². The highest BCUT2D eigenvalue weighted by atomic mass is 16.5. The molecule has 114 valence electrons. The van der Waals surface area contributed by atoms with E-state index < -0.39 is 0 Å². The van der Waals surface area contributed by atoms with Gasteiger partial charge in [-0.2, -0.15) is 0 Å². The first-order chi connectivity index (χ1) is 8.79. The monoisotopic (exact) mass is 269 g/mol. The number of nitrogens with zero attached hydrogens (tertiary/aromatic N) is 1. The summed E-state index contributed by atoms with van der Waals surface area (Å²) in [5, 5.41) is 0. The first-order valence-electron chi connectivity index (χ1n) is 8.11. The van der Waals surface area contributed by atoms with Gasteiger partial charge in [0.05, 0.1) is 13.2 Å². The van der Waals surface area contributed by atoms with E-state index in [0.717, 1.165) is 26.3 Å². The number of hydrogen-bond donors (Lipinski definition) is 0. The normalized spacial score (nSPS) is 20.5. The van der Waals surface area contributed by atoms with E-state index in [0.29, 0.717) is 16.9 Å². The van der Waals surface area contributed by atoms with Gasteiger partial charge in [-0.3, -0.25) is 4.90 Å². The third-order valence-corrected chi connectivity index (χ3v) is 4.40. The van der Waals surface area contributed by atoms with Gasteiger partial charge in [0.1, 0.15) is 0 Å². The Morgan fingerprint density at radius 2 is 1.58 bits per heavy atom. The van der Waals surface area contributed by atoms with Crippen molar-refractivity contribution in [2.24, 2.45) is 10.8 Å². The number of rotatable bonds is 6. The molecule has 0 aromatic rings. The lowest BCUT2D eigenvalue weighted by atomic mass is 9.67. The molecular weight excluding hydrogens is 234 g/mol. The Morgan fingerprint density at radius 3 is 2.05 bits per heavy atom. The summed E-state index contributed by atoms with van der Waals surface area (Å²) >= 11 is 0. The summed E-state index contributed by atoms with van der Waals surface area (Å²) in [7, 11) is 0. The fourth-order valence-corrected chi connectivity index (χ4v) is 4.02. The molecule has 0 spiro atoms. The van der Waals surface area contributed by atoms with E-state index in [-0.39, 0.29) is 0 Å². The van der Waals surface area contributed by atoms with Crippen LogP contribution in [-0.2, 0) is 4.74 Å². The maximum Gasteiger partial charge on any atom is 0.0594 e. The summed E-state index contributed by atoms with van der Waals surface area (Å²) in [6.07, 6.45) is 5.37. The van der Waals surface area contributed by atoms with Crippen molar-refractivity contribution in [3.63, 3.8) is 0 Å². The predicted octanol–water partition coefficient (Wildman–Crippen LogP) is 4.34. The summed E-state index contributed by atoms with van der Waals surface area (Å²) in [5.41, 5.74) is 0.706. The molecule has 0 saturated carbocycles. The van der Waals surface area contributed by atoms with E-state index in [1.54, 1.807) is 0 Å². The van der Waals surface area contributed by atoms with Gasteiger partial charge in [0.2, 0.25) is 0 Å². The molecule has 0 aromatic heterocycles. The second kappa shape index (κ2) is 7.08. The van der Waals surface area contributed by atoms with Crippen molar-refractivity contribution in [1.29, 1.82) is 0 Å². The largest absolute Gasteiger partial charge is 0.379 e. The van der Waals surface area contributed by atoms with Crippen LogP contribution in [0.2, 0.25) is 0 Å². The van der Waals surface area contributed by atoms with Crippen LogP contribution in [0.5, 0.6) is 0 Å². The highest BCUT2D eigenvalue weighted by Crippen LogP contribution is 2.41. The lowest BCUT2D eigenvalue weighted by Crippen LogP contribution is -2.56. The van der Waals surface area contributed by atoms with Crippen LogP contribution < -0.4 is 0 Å². The van der Waals surface area contributed by atoms with Crippen molar-refractivity contribution < 1.29 is 4.74 Å². The molecule has 0 N–H and O–H groups in total. The lowest BCUT2D eigenvalue weighted by molar-refractivity contribution is -0.0554. The highest BCUT2D eigenvalue weighted by Gasteiger charge is 2.41. The topological polar surface area (TPSA) is 12.5 Å². The van der Waals surface area contributed by atoms with Crippen LogP contribution >= 0.6 is 0 Å². The standard InChI is InChI=1S/C17H35NO/c1-7-8-9-10-17(5,6)15(16(2,3)4)18-11-13-19-14-12-18/h15H,7-14H2,1-6H3. The quantitative estimate of drug-likeness (QED) is 0.665. The van der Waals surface area contributed by atoms with Crippen LogP contribution in [0.25, 0.3) is 0 Å². The van der Waals surface area contributed by atoms with Gasteiger partial charge in [0.25, 0.3) is 0 Å². The average molecular weight is 269 g/mol. The minimum atomic E-state index is 0.326. The third-order valence-electron chi connectivity index (χ3n) is 4.40. The maximum absolute atomic E-state index is 5.53. The Hall–Kier alpha value is -0.0800. The summed E-state index contributed by atoms with van der Waals surface area (Å²) in [5.74, 6) is 0. The van der Waals surface area contributed by atoms with E-state index in [1.165, 1.54) is 25.7 Å². The Bertz CT molecular complexity index is 248. The molecule has 1 atom stereocenters. The Morgan fingerprint density at radius 1 is 1.00 bits per heavy atom. The minimum absolute atomic E-state index is 0.326. The maximum atomic E-state index is 5.53. The van der Waals surface area contributed by atoms with Crippen molar-refractivity contribution in [2.45, 2.75) is 73.3 Å². The first kappa shape index (κ1) is 17.0. The Balaban J connectivity index is 2.76. The van der Waals surface area contributed by atoms with Crippen LogP contribution in [0.4, 0.5) is 0 Å². The molecule has 0 aromatic carbocycles. The number of unbranched alkanes of at least 4 members (excludes halogenated alkanes) is 2. The Kier molecular flexibility index (Phi) is 6.32. The van der Waals surface area contributed by atoms with Crippen LogP contribution in [0, 0.1) is 10.8 Å². The molecule has 1 aliphatic heterocycles. The fourth-order valence-electron chi connectivity index (χ4n) is 4.02. The molecule has 1 saturated heterocycles. The summed E-state index contributed by atoms with van der Waals surface area (Å²) in [6.45, 7) is 18.4. The van der Waals surface area contributed by atoms with Crippen molar-refractivity contribution >= 4 is 0 Å². The second-order valence-electron chi connectivity index (χ2n) is 7.86. The average Bonchev–Trinajstić information content (AvgIpc) is 2.28. The molecule has 1 unspecified atom stereocenters. The molecule has 1 rings (SSSR count). The molecule has 2 nitrogen and oxygen atoms in total. The predicted molar refractivity (Wildman–Crippen MR) is 83.6 cm³/mol. The zero-order valence-corrected chi connectivity index (χ0v) is 14.1. The Labute approximate surface area is 120 Å². The lowest BCUT2D eigenvalue weighted by Gasteiger charge is -2.50. The number of ether oxygens (including phenoxy) is 1. The molecule has 1 heterocycles. The SMILES string of the molecule is CCCCCC(C)(C)C(N1CCOCC1)C(C)(C)C. The van der Waals surface area contributed by atoms with Crippen molar-refractivity contribution in [1.82, 2.24) is 4.90 Å². The van der Waals surface area contributed by atoms with Gasteiger partial charge in [0, 0.05) is 19.1 Å². The van der Waals surface area contributed by atoms with E-state index in [1.807, 2.05) is 0 Å². The van der Waals surface area contributed by atoms with Crippen molar-refractivity contribution in [2.75, 3.05) is 26.3 Å². The summed E-state index contributed by atoms with van der Waals surface area (Å²) in [4.78, 5) is 2.68. The van der Waals surface area contributed by atoms with Crippen LogP contribution in [-0.4, -0.2) is 37.2 Å². The molecular formula is C17H35NO. The molecule has 1 aliphatic rings. The smallest absolute Gasteiger partial charge is 0.0594 e. The molecule has 19 heavy (non-hydrogen) atoms. The van der Waals surface area contributed by atoms with Gasteiger partial charge < -0.3 is 4.74 Å². The molecule has 0 aliphatic carbocycles. The van der Waals surface area contributed by atoms with E-state index in [4.69, 9.17) is 4.74 Å². The van der Waals surface area contributed by atoms with Crippen LogP contribution in [0.3, 0.4) is 0 Å². The third kappa shape index (κ3) is 5.07. The fraction of sp³-hybridized carbons (Fsp3) is 1.00. The van der Waals surface area contributed by atoms with E-state index in [2.05, 4.69) is 46.4 Å². The van der Waals surface area contributed by atoms with Gasteiger partial charge >= 0.3 is 0 Å². The molecule has 2 heteroatoms. The molecule has 0 radical (unpaired) electrons. The zero-order valence-electron chi connectivity index (χ0n) is 14.1. The zero-order chi connectivity index (χ0) is 14.5. The molecule has 0 amide bonds. The number of hydrogen-bond acceptors (Lipinski definition) is 2. The summed E-state index contributed by atoms with van der Waals surface area (Å²) in [6, 6.07) is 0.640. The van der Waals surface area contributed by atoms with E-state index >= 15 is 0 Å². The van der Waals surface area contributed by atoms with Gasteiger partial charge in [-0.15, -0.1) is 0 Å². The summed E-state index contributed by atoms with van der Waals surface area (Å²) < 4.78 is 5.53. The number of morpholine rings is 1. The van der Waals surface area contributed by atoms with Crippen LogP contribution in [0.1, 0.15) is 67.2 Å². The first-order valence-corrected chi connectivity index (χ1v) is 8.11. The van der Waals surface area contributed by atoms with Gasteiger partial charge in [-0.05, 0) is 17.3 Å². The van der Waals surface area contributed by atoms with E-state index in [9.17, 15) is 0 Å². The second-order valence-corrected chi connectivity index (χ2v) is 7.86. The minimum Gasteiger partial charge on any atom is -0.379 e. The molecule has 1 fully saturated rings. The van der Waals surface area contributed by atoms with Gasteiger partial charge in [-0.1, -0.05) is 60.8 Å². The molecule has 0 bridgehead atoms. The van der Waals surface area contributed by atoms with Gasteiger partial charge in [-0.25, -0.2) is 0 Å². The highest BCUT2D eigenvalue weighted by molar-refractivity contribution is 4.94. The van der Waals surface area contributed by atoms with Crippen molar-refractivity contribution in [3.05, 3.63) is 0 Å². The van der Waals surface area contributed by atoms with Crippen LogP contribution in [0.15, 0.2) is 0 Å². The van der Waals surface area contributed by atoms with Gasteiger partial charge in [0.15, 0.2) is 0 Å².